The monoisotopic (exact) mass is 382 g/mol. The molecule has 1 atom stereocenters. The second kappa shape index (κ2) is 9.95. The molecule has 0 saturated carbocycles. The summed E-state index contributed by atoms with van der Waals surface area (Å²) < 4.78 is 11.1. The fourth-order valence-corrected chi connectivity index (χ4v) is 2.64. The third-order valence-corrected chi connectivity index (χ3v) is 4.10. The highest BCUT2D eigenvalue weighted by molar-refractivity contribution is 5.85. The Morgan fingerprint density at radius 2 is 1.88 bits per heavy atom. The Bertz CT molecular complexity index is 660. The van der Waals surface area contributed by atoms with E-state index in [-0.39, 0.29) is 24.6 Å². The maximum absolute atomic E-state index is 10.1. The van der Waals surface area contributed by atoms with Crippen LogP contribution in [-0.4, -0.2) is 35.1 Å². The van der Waals surface area contributed by atoms with Gasteiger partial charge in [-0.25, -0.2) is 0 Å². The average molecular weight is 383 g/mol. The lowest BCUT2D eigenvalue weighted by atomic mass is 10.0. The number of benzene rings is 1. The molecule has 1 heterocycles. The maximum atomic E-state index is 10.1. The second-order valence-electron chi connectivity index (χ2n) is 7.51. The van der Waals surface area contributed by atoms with Crippen molar-refractivity contribution in [3.63, 3.8) is 0 Å². The number of nitrogens with zero attached hydrogens (tertiary/aromatic N) is 1. The van der Waals surface area contributed by atoms with Crippen molar-refractivity contribution in [1.29, 1.82) is 0 Å². The molecule has 5 nitrogen and oxygen atoms in total. The second-order valence-corrected chi connectivity index (χ2v) is 7.51. The van der Waals surface area contributed by atoms with Crippen molar-refractivity contribution < 1.29 is 14.4 Å². The SMILES string of the molecule is Cc1noc(C)c1CCc1ccccc1OCC(O)CNC(C)(C)C.Cl. The molecule has 1 unspecified atom stereocenters. The minimum absolute atomic E-state index is 0. The van der Waals surface area contributed by atoms with E-state index < -0.39 is 6.10 Å². The molecule has 0 bridgehead atoms. The quantitative estimate of drug-likeness (QED) is 0.729. The molecule has 2 rings (SSSR count). The van der Waals surface area contributed by atoms with E-state index in [2.05, 4.69) is 37.3 Å². The highest BCUT2D eigenvalue weighted by Gasteiger charge is 2.14. The van der Waals surface area contributed by atoms with E-state index in [0.29, 0.717) is 6.54 Å². The Balaban J connectivity index is 0.00000338. The van der Waals surface area contributed by atoms with Crippen molar-refractivity contribution >= 4 is 12.4 Å². The van der Waals surface area contributed by atoms with E-state index in [9.17, 15) is 5.11 Å². The van der Waals surface area contributed by atoms with Crippen LogP contribution in [0.15, 0.2) is 28.8 Å². The first kappa shape index (κ1) is 22.5. The van der Waals surface area contributed by atoms with Crippen molar-refractivity contribution in [1.82, 2.24) is 10.5 Å². The molecule has 2 N–H and O–H groups in total. The maximum Gasteiger partial charge on any atom is 0.137 e. The number of halogens is 1. The number of hydrogen-bond donors (Lipinski definition) is 2. The largest absolute Gasteiger partial charge is 0.491 e. The molecule has 6 heteroatoms. The van der Waals surface area contributed by atoms with Gasteiger partial charge in [0.1, 0.15) is 24.2 Å². The Kier molecular flexibility index (Phi) is 8.60. The lowest BCUT2D eigenvalue weighted by molar-refractivity contribution is 0.0996. The molecule has 0 amide bonds. The van der Waals surface area contributed by atoms with Gasteiger partial charge in [0, 0.05) is 17.6 Å². The summed E-state index contributed by atoms with van der Waals surface area (Å²) in [6.45, 7) is 10.9. The summed E-state index contributed by atoms with van der Waals surface area (Å²) in [5.74, 6) is 1.70. The third-order valence-electron chi connectivity index (χ3n) is 4.10. The fraction of sp³-hybridized carbons (Fsp3) is 0.550. The molecule has 1 aromatic heterocycles. The van der Waals surface area contributed by atoms with Gasteiger partial charge in [-0.2, -0.15) is 0 Å². The van der Waals surface area contributed by atoms with Crippen LogP contribution >= 0.6 is 12.4 Å². The number of rotatable bonds is 8. The highest BCUT2D eigenvalue weighted by atomic mass is 35.5. The Hall–Kier alpha value is -1.56. The smallest absolute Gasteiger partial charge is 0.137 e. The molecule has 0 radical (unpaired) electrons. The molecule has 1 aromatic carbocycles. The van der Waals surface area contributed by atoms with Crippen LogP contribution in [-0.2, 0) is 12.8 Å². The van der Waals surface area contributed by atoms with Crippen LogP contribution in [0.25, 0.3) is 0 Å². The summed E-state index contributed by atoms with van der Waals surface area (Å²) in [4.78, 5) is 0. The molecule has 0 saturated heterocycles. The zero-order valence-corrected chi connectivity index (χ0v) is 17.2. The van der Waals surface area contributed by atoms with E-state index in [1.807, 2.05) is 32.0 Å². The number of aliphatic hydroxyl groups excluding tert-OH is 1. The van der Waals surface area contributed by atoms with Crippen LogP contribution in [0.4, 0.5) is 0 Å². The molecule has 2 aromatic rings. The summed E-state index contributed by atoms with van der Waals surface area (Å²) in [6, 6.07) is 7.97. The van der Waals surface area contributed by atoms with Crippen molar-refractivity contribution in [3.05, 3.63) is 46.8 Å². The molecule has 0 aliphatic rings. The van der Waals surface area contributed by atoms with Crippen molar-refractivity contribution in [2.45, 2.75) is 59.1 Å². The standard InChI is InChI=1S/C20H30N2O3.ClH/c1-14-18(15(2)25-22-14)11-10-16-8-6-7-9-19(16)24-13-17(23)12-21-20(3,4)5;/h6-9,17,21,23H,10-13H2,1-5H3;1H. The van der Waals surface area contributed by atoms with E-state index in [0.717, 1.165) is 41.2 Å². The molecule has 146 valence electrons. The van der Waals surface area contributed by atoms with E-state index in [1.54, 1.807) is 0 Å². The summed E-state index contributed by atoms with van der Waals surface area (Å²) in [5, 5.41) is 17.4. The van der Waals surface area contributed by atoms with Gasteiger partial charge in [-0.15, -0.1) is 12.4 Å². The number of para-hydroxylation sites is 1. The lowest BCUT2D eigenvalue weighted by Crippen LogP contribution is -2.42. The number of ether oxygens (including phenoxy) is 1. The molecular formula is C20H31ClN2O3. The Morgan fingerprint density at radius 1 is 1.19 bits per heavy atom. The van der Waals surface area contributed by atoms with Crippen molar-refractivity contribution in [3.8, 4) is 5.75 Å². The van der Waals surface area contributed by atoms with Gasteiger partial charge in [-0.05, 0) is 59.1 Å². The van der Waals surface area contributed by atoms with E-state index >= 15 is 0 Å². The summed E-state index contributed by atoms with van der Waals surface area (Å²) >= 11 is 0. The van der Waals surface area contributed by atoms with E-state index in [4.69, 9.17) is 9.26 Å². The van der Waals surface area contributed by atoms with Crippen LogP contribution in [0.3, 0.4) is 0 Å². The summed E-state index contributed by atoms with van der Waals surface area (Å²) in [7, 11) is 0. The van der Waals surface area contributed by atoms with Crippen LogP contribution in [0.1, 0.15) is 43.4 Å². The molecule has 0 spiro atoms. The first-order chi connectivity index (χ1) is 11.8. The third kappa shape index (κ3) is 6.98. The van der Waals surface area contributed by atoms with Gasteiger partial charge in [0.2, 0.25) is 0 Å². The van der Waals surface area contributed by atoms with Gasteiger partial charge in [-0.3, -0.25) is 0 Å². The lowest BCUT2D eigenvalue weighted by Gasteiger charge is -2.23. The number of hydrogen-bond acceptors (Lipinski definition) is 5. The average Bonchev–Trinajstić information content (AvgIpc) is 2.87. The molecular weight excluding hydrogens is 352 g/mol. The Labute approximate surface area is 162 Å². The number of aryl methyl sites for hydroxylation is 3. The van der Waals surface area contributed by atoms with Crippen LogP contribution < -0.4 is 10.1 Å². The van der Waals surface area contributed by atoms with Gasteiger partial charge in [-0.1, -0.05) is 23.4 Å². The highest BCUT2D eigenvalue weighted by Crippen LogP contribution is 2.22. The molecule has 26 heavy (non-hydrogen) atoms. The predicted octanol–water partition coefficient (Wildman–Crippen LogP) is 3.63. The van der Waals surface area contributed by atoms with Crippen LogP contribution in [0, 0.1) is 13.8 Å². The van der Waals surface area contributed by atoms with Gasteiger partial charge < -0.3 is 19.7 Å². The minimum atomic E-state index is -0.546. The van der Waals surface area contributed by atoms with E-state index in [1.165, 1.54) is 0 Å². The molecule has 0 fully saturated rings. The van der Waals surface area contributed by atoms with Crippen molar-refractivity contribution in [2.24, 2.45) is 0 Å². The first-order valence-electron chi connectivity index (χ1n) is 8.82. The van der Waals surface area contributed by atoms with Gasteiger partial charge >= 0.3 is 0 Å². The van der Waals surface area contributed by atoms with Crippen LogP contribution in [0.5, 0.6) is 5.75 Å². The number of aromatic nitrogens is 1. The van der Waals surface area contributed by atoms with Crippen LogP contribution in [0.2, 0.25) is 0 Å². The number of β-amino-alcohol motifs (C(OH)–C–C–N with tert-alkyl or cyclic N) is 1. The zero-order valence-electron chi connectivity index (χ0n) is 16.3. The van der Waals surface area contributed by atoms with Crippen molar-refractivity contribution in [2.75, 3.05) is 13.2 Å². The first-order valence-corrected chi connectivity index (χ1v) is 8.82. The molecule has 0 aliphatic carbocycles. The summed E-state index contributed by atoms with van der Waals surface area (Å²) in [6.07, 6.45) is 1.15. The van der Waals surface area contributed by atoms with Gasteiger partial charge in [0.15, 0.2) is 0 Å². The van der Waals surface area contributed by atoms with Gasteiger partial charge in [0.05, 0.1) is 5.69 Å². The topological polar surface area (TPSA) is 67.5 Å². The Morgan fingerprint density at radius 3 is 2.50 bits per heavy atom. The predicted molar refractivity (Wildman–Crippen MR) is 106 cm³/mol. The summed E-state index contributed by atoms with van der Waals surface area (Å²) in [5.41, 5.74) is 3.20. The zero-order chi connectivity index (χ0) is 18.4. The molecule has 0 aliphatic heterocycles. The van der Waals surface area contributed by atoms with Gasteiger partial charge in [0.25, 0.3) is 0 Å². The fourth-order valence-electron chi connectivity index (χ4n) is 2.64. The minimum Gasteiger partial charge on any atom is -0.491 e. The number of nitrogens with one attached hydrogen (secondary N) is 1. The number of aliphatic hydroxyl groups is 1. The normalized spacial score (nSPS) is 12.5.